The minimum atomic E-state index is -0.860. The fourth-order valence-electron chi connectivity index (χ4n) is 3.09. The number of carboxylic acids is 1. The molecule has 1 heterocycles. The van der Waals surface area contributed by atoms with E-state index in [4.69, 9.17) is 5.11 Å². The number of hydrogen-bond donors (Lipinski definition) is 1. The Morgan fingerprint density at radius 1 is 1.21 bits per heavy atom. The fraction of sp³-hybridized carbons (Fsp3) is 0.278. The molecule has 0 radical (unpaired) electrons. The minimum absolute atomic E-state index is 0.0315. The molecule has 1 aromatic heterocycles. The zero-order valence-corrected chi connectivity index (χ0v) is 14.1. The van der Waals surface area contributed by atoms with Crippen molar-refractivity contribution in [3.63, 3.8) is 0 Å². The van der Waals surface area contributed by atoms with Crippen molar-refractivity contribution in [3.05, 3.63) is 47.8 Å². The van der Waals surface area contributed by atoms with E-state index in [1.807, 2.05) is 17.6 Å². The molecule has 0 unspecified atom stereocenters. The third-order valence-corrected chi connectivity index (χ3v) is 5.23. The SMILES string of the molecule is Cc1nnc(SCC(=O)O)n1-c1ccc(C2CC2)c2ccccc12. The van der Waals surface area contributed by atoms with E-state index < -0.39 is 5.97 Å². The van der Waals surface area contributed by atoms with Crippen LogP contribution < -0.4 is 0 Å². The predicted octanol–water partition coefficient (Wildman–Crippen LogP) is 3.78. The van der Waals surface area contributed by atoms with Crippen molar-refractivity contribution < 1.29 is 9.90 Å². The second kappa shape index (κ2) is 5.94. The lowest BCUT2D eigenvalue weighted by Crippen LogP contribution is -2.04. The molecule has 0 bridgehead atoms. The monoisotopic (exact) mass is 339 g/mol. The third-order valence-electron chi connectivity index (χ3n) is 4.31. The van der Waals surface area contributed by atoms with E-state index in [0.29, 0.717) is 11.1 Å². The summed E-state index contributed by atoms with van der Waals surface area (Å²) in [7, 11) is 0. The lowest BCUT2D eigenvalue weighted by atomic mass is 9.99. The number of carbonyl (C=O) groups is 1. The van der Waals surface area contributed by atoms with Crippen molar-refractivity contribution in [3.8, 4) is 5.69 Å². The number of thioether (sulfide) groups is 1. The van der Waals surface area contributed by atoms with Gasteiger partial charge in [0.15, 0.2) is 5.16 Å². The van der Waals surface area contributed by atoms with Crippen molar-refractivity contribution in [2.45, 2.75) is 30.8 Å². The minimum Gasteiger partial charge on any atom is -0.481 e. The van der Waals surface area contributed by atoms with Crippen LogP contribution in [0.25, 0.3) is 16.5 Å². The van der Waals surface area contributed by atoms with Crippen LogP contribution in [0.3, 0.4) is 0 Å². The first-order chi connectivity index (χ1) is 11.6. The highest BCUT2D eigenvalue weighted by Gasteiger charge is 2.26. The Morgan fingerprint density at radius 3 is 2.67 bits per heavy atom. The molecule has 4 rings (SSSR count). The van der Waals surface area contributed by atoms with Gasteiger partial charge in [0.25, 0.3) is 0 Å². The van der Waals surface area contributed by atoms with Crippen LogP contribution in [0.4, 0.5) is 0 Å². The smallest absolute Gasteiger partial charge is 0.313 e. The topological polar surface area (TPSA) is 68.0 Å². The van der Waals surface area contributed by atoms with Gasteiger partial charge < -0.3 is 5.11 Å². The molecule has 24 heavy (non-hydrogen) atoms. The second-order valence-corrected chi connectivity index (χ2v) is 6.98. The lowest BCUT2D eigenvalue weighted by Gasteiger charge is -2.14. The molecule has 1 aliphatic carbocycles. The first-order valence-electron chi connectivity index (χ1n) is 7.94. The molecule has 0 saturated heterocycles. The highest BCUT2D eigenvalue weighted by molar-refractivity contribution is 7.99. The normalized spacial score (nSPS) is 14.2. The highest BCUT2D eigenvalue weighted by atomic mass is 32.2. The number of aryl methyl sites for hydroxylation is 1. The summed E-state index contributed by atoms with van der Waals surface area (Å²) in [5, 5.41) is 20.3. The van der Waals surface area contributed by atoms with Crippen LogP contribution in [0.2, 0.25) is 0 Å². The van der Waals surface area contributed by atoms with E-state index in [1.165, 1.54) is 35.6 Å². The zero-order valence-electron chi connectivity index (χ0n) is 13.3. The maximum Gasteiger partial charge on any atom is 0.313 e. The summed E-state index contributed by atoms with van der Waals surface area (Å²) in [6.45, 7) is 1.89. The predicted molar refractivity (Wildman–Crippen MR) is 93.9 cm³/mol. The van der Waals surface area contributed by atoms with Crippen molar-refractivity contribution in [1.82, 2.24) is 14.8 Å². The molecule has 2 aromatic carbocycles. The van der Waals surface area contributed by atoms with Gasteiger partial charge in [-0.05, 0) is 42.7 Å². The van der Waals surface area contributed by atoms with Gasteiger partial charge >= 0.3 is 5.97 Å². The van der Waals surface area contributed by atoms with Crippen LogP contribution >= 0.6 is 11.8 Å². The fourth-order valence-corrected chi connectivity index (χ4v) is 3.80. The number of benzene rings is 2. The Hall–Kier alpha value is -2.34. The van der Waals surface area contributed by atoms with E-state index in [-0.39, 0.29) is 5.75 Å². The van der Waals surface area contributed by atoms with E-state index >= 15 is 0 Å². The number of aliphatic carboxylic acids is 1. The molecule has 6 heteroatoms. The first-order valence-corrected chi connectivity index (χ1v) is 8.92. The number of aromatic nitrogens is 3. The molecule has 3 aromatic rings. The summed E-state index contributed by atoms with van der Waals surface area (Å²) in [5.74, 6) is 0.538. The molecule has 1 fully saturated rings. The van der Waals surface area contributed by atoms with Crippen LogP contribution in [0.5, 0.6) is 0 Å². The van der Waals surface area contributed by atoms with Gasteiger partial charge in [-0.2, -0.15) is 0 Å². The number of nitrogens with zero attached hydrogens (tertiary/aromatic N) is 3. The molecular formula is C18H17N3O2S. The Kier molecular flexibility index (Phi) is 3.76. The Labute approximate surface area is 143 Å². The number of rotatable bonds is 5. The van der Waals surface area contributed by atoms with Gasteiger partial charge in [0, 0.05) is 5.39 Å². The molecule has 1 saturated carbocycles. The van der Waals surface area contributed by atoms with Crippen molar-refractivity contribution in [1.29, 1.82) is 0 Å². The zero-order chi connectivity index (χ0) is 16.7. The maximum atomic E-state index is 10.9. The molecular weight excluding hydrogens is 322 g/mol. The first kappa shape index (κ1) is 15.2. The summed E-state index contributed by atoms with van der Waals surface area (Å²) >= 11 is 1.19. The lowest BCUT2D eigenvalue weighted by molar-refractivity contribution is -0.133. The standard InChI is InChI=1S/C18H17N3O2S/c1-11-19-20-18(24-10-17(22)23)21(11)16-9-8-13(12-6-7-12)14-4-2-3-5-15(14)16/h2-5,8-9,12H,6-7,10H2,1H3,(H,22,23). The highest BCUT2D eigenvalue weighted by Crippen LogP contribution is 2.44. The maximum absolute atomic E-state index is 10.9. The number of hydrogen-bond acceptors (Lipinski definition) is 4. The summed E-state index contributed by atoms with van der Waals surface area (Å²) < 4.78 is 1.95. The van der Waals surface area contributed by atoms with E-state index in [1.54, 1.807) is 0 Å². The van der Waals surface area contributed by atoms with Gasteiger partial charge in [-0.3, -0.25) is 9.36 Å². The van der Waals surface area contributed by atoms with Crippen LogP contribution in [0.1, 0.15) is 30.1 Å². The molecule has 5 nitrogen and oxygen atoms in total. The van der Waals surface area contributed by atoms with Crippen LogP contribution in [-0.2, 0) is 4.79 Å². The average Bonchev–Trinajstić information content (AvgIpc) is 3.35. The van der Waals surface area contributed by atoms with Crippen LogP contribution in [0, 0.1) is 6.92 Å². The second-order valence-electron chi connectivity index (χ2n) is 6.04. The van der Waals surface area contributed by atoms with E-state index in [2.05, 4.69) is 40.5 Å². The molecule has 0 spiro atoms. The quantitative estimate of drug-likeness (QED) is 0.717. The van der Waals surface area contributed by atoms with Gasteiger partial charge in [-0.15, -0.1) is 10.2 Å². The summed E-state index contributed by atoms with van der Waals surface area (Å²) in [6, 6.07) is 12.7. The van der Waals surface area contributed by atoms with E-state index in [9.17, 15) is 4.79 Å². The Balaban J connectivity index is 1.87. The van der Waals surface area contributed by atoms with Gasteiger partial charge in [0.05, 0.1) is 11.4 Å². The van der Waals surface area contributed by atoms with Gasteiger partial charge in [-0.25, -0.2) is 0 Å². The van der Waals surface area contributed by atoms with E-state index in [0.717, 1.165) is 16.9 Å². The van der Waals surface area contributed by atoms with Crippen molar-refractivity contribution >= 4 is 28.5 Å². The molecule has 0 aliphatic heterocycles. The Bertz CT molecular complexity index is 931. The van der Waals surface area contributed by atoms with Gasteiger partial charge in [0.1, 0.15) is 5.82 Å². The summed E-state index contributed by atoms with van der Waals surface area (Å²) in [5.41, 5.74) is 2.41. The molecule has 0 amide bonds. The number of fused-ring (bicyclic) bond motifs is 1. The molecule has 0 atom stereocenters. The molecule has 122 valence electrons. The Morgan fingerprint density at radius 2 is 1.96 bits per heavy atom. The largest absolute Gasteiger partial charge is 0.481 e. The van der Waals surface area contributed by atoms with Crippen LogP contribution in [0.15, 0.2) is 41.6 Å². The van der Waals surface area contributed by atoms with Crippen LogP contribution in [-0.4, -0.2) is 31.6 Å². The number of carboxylic acid groups (broad SMARTS) is 1. The van der Waals surface area contributed by atoms with Gasteiger partial charge in [0.2, 0.25) is 0 Å². The van der Waals surface area contributed by atoms with Crippen molar-refractivity contribution in [2.24, 2.45) is 0 Å². The summed E-state index contributed by atoms with van der Waals surface area (Å²) in [4.78, 5) is 10.9. The third kappa shape index (κ3) is 2.67. The van der Waals surface area contributed by atoms with Crippen molar-refractivity contribution in [2.75, 3.05) is 5.75 Å². The molecule has 1 aliphatic rings. The molecule has 1 N–H and O–H groups in total. The summed E-state index contributed by atoms with van der Waals surface area (Å²) in [6.07, 6.45) is 2.52. The average molecular weight is 339 g/mol. The van der Waals surface area contributed by atoms with Gasteiger partial charge in [-0.1, -0.05) is 42.1 Å².